The number of carbonyl (C=O) groups excluding carboxylic acids is 1. The van der Waals surface area contributed by atoms with Gasteiger partial charge in [-0.25, -0.2) is 14.4 Å². The standard InChI is InChI=1S/C23H27Cl2FN4O/c1-23(9-2-3-10-23)20(18-17(26)8-7-16(24)19(18)25)30-21(31)14-5-6-15(13-14)29-22-27-11-4-12-28-22/h4,7-8,11-12,14-15,20H,2-3,5-6,9-10,13H2,1H3,(H,30,31)(H,27,28,29)/t14-,15+,20+/m0/s1. The van der Waals surface area contributed by atoms with E-state index in [-0.39, 0.29) is 28.3 Å². The molecule has 2 aromatic rings. The van der Waals surface area contributed by atoms with Crippen molar-refractivity contribution >= 4 is 35.1 Å². The van der Waals surface area contributed by atoms with Gasteiger partial charge < -0.3 is 10.6 Å². The normalized spacial score (nSPS) is 23.5. The lowest BCUT2D eigenvalue weighted by Gasteiger charge is -2.36. The minimum atomic E-state index is -0.516. The Balaban J connectivity index is 1.51. The number of amides is 1. The van der Waals surface area contributed by atoms with Crippen LogP contribution in [0.5, 0.6) is 0 Å². The lowest BCUT2D eigenvalue weighted by Crippen LogP contribution is -2.41. The first-order valence-corrected chi connectivity index (χ1v) is 11.6. The van der Waals surface area contributed by atoms with Crippen molar-refractivity contribution in [3.63, 3.8) is 0 Å². The molecule has 2 aliphatic carbocycles. The number of carbonyl (C=O) groups is 1. The molecular weight excluding hydrogens is 438 g/mol. The minimum absolute atomic E-state index is 0.0631. The van der Waals surface area contributed by atoms with Crippen LogP contribution in [0, 0.1) is 17.2 Å². The average molecular weight is 465 g/mol. The topological polar surface area (TPSA) is 66.9 Å². The molecule has 2 N–H and O–H groups in total. The van der Waals surface area contributed by atoms with E-state index in [9.17, 15) is 9.18 Å². The van der Waals surface area contributed by atoms with Gasteiger partial charge in [0.15, 0.2) is 0 Å². The van der Waals surface area contributed by atoms with Gasteiger partial charge in [0.2, 0.25) is 11.9 Å². The summed E-state index contributed by atoms with van der Waals surface area (Å²) in [5, 5.41) is 6.95. The smallest absolute Gasteiger partial charge is 0.223 e. The van der Waals surface area contributed by atoms with Crippen LogP contribution < -0.4 is 10.6 Å². The van der Waals surface area contributed by atoms with E-state index in [4.69, 9.17) is 23.2 Å². The van der Waals surface area contributed by atoms with Crippen molar-refractivity contribution in [2.24, 2.45) is 11.3 Å². The zero-order valence-electron chi connectivity index (χ0n) is 17.5. The van der Waals surface area contributed by atoms with Gasteiger partial charge in [0.1, 0.15) is 5.82 Å². The van der Waals surface area contributed by atoms with Crippen LogP contribution in [0.4, 0.5) is 10.3 Å². The second kappa shape index (κ2) is 9.29. The lowest BCUT2D eigenvalue weighted by atomic mass is 9.76. The zero-order chi connectivity index (χ0) is 22.0. The number of nitrogens with zero attached hydrogens (tertiary/aromatic N) is 2. The molecule has 166 valence electrons. The van der Waals surface area contributed by atoms with Gasteiger partial charge in [0.25, 0.3) is 0 Å². The van der Waals surface area contributed by atoms with E-state index < -0.39 is 11.9 Å². The largest absolute Gasteiger partial charge is 0.351 e. The summed E-state index contributed by atoms with van der Waals surface area (Å²) in [6.45, 7) is 2.10. The molecule has 0 radical (unpaired) electrons. The van der Waals surface area contributed by atoms with E-state index in [0.29, 0.717) is 23.0 Å². The summed E-state index contributed by atoms with van der Waals surface area (Å²) in [4.78, 5) is 21.7. The highest BCUT2D eigenvalue weighted by atomic mass is 35.5. The molecule has 31 heavy (non-hydrogen) atoms. The van der Waals surface area contributed by atoms with Crippen LogP contribution in [0.2, 0.25) is 10.0 Å². The van der Waals surface area contributed by atoms with Gasteiger partial charge in [0.05, 0.1) is 16.1 Å². The Morgan fingerprint density at radius 2 is 1.90 bits per heavy atom. The SMILES string of the molecule is CC1([C@H](NC(=O)[C@H]2CC[C@@H](Nc3ncccn3)C2)c2c(F)ccc(Cl)c2Cl)CCCC1. The Labute approximate surface area is 192 Å². The first-order chi connectivity index (χ1) is 14.9. The molecule has 1 heterocycles. The van der Waals surface area contributed by atoms with E-state index in [0.717, 1.165) is 38.5 Å². The monoisotopic (exact) mass is 464 g/mol. The minimum Gasteiger partial charge on any atom is -0.351 e. The maximum absolute atomic E-state index is 14.9. The fourth-order valence-corrected chi connectivity index (χ4v) is 5.47. The van der Waals surface area contributed by atoms with Crippen molar-refractivity contribution in [3.05, 3.63) is 52.0 Å². The Kier molecular flexibility index (Phi) is 6.68. The number of hydrogen-bond acceptors (Lipinski definition) is 4. The molecule has 0 saturated heterocycles. The maximum atomic E-state index is 14.9. The van der Waals surface area contributed by atoms with Crippen molar-refractivity contribution in [2.45, 2.75) is 64.0 Å². The summed E-state index contributed by atoms with van der Waals surface area (Å²) in [6.07, 6.45) is 9.57. The Hall–Kier alpha value is -1.92. The number of hydrogen-bond donors (Lipinski definition) is 2. The van der Waals surface area contributed by atoms with E-state index in [2.05, 4.69) is 27.5 Å². The molecule has 8 heteroatoms. The quantitative estimate of drug-likeness (QED) is 0.518. The molecule has 3 atom stereocenters. The van der Waals surface area contributed by atoms with Crippen molar-refractivity contribution in [1.82, 2.24) is 15.3 Å². The Bertz CT molecular complexity index is 937. The van der Waals surface area contributed by atoms with E-state index in [1.807, 2.05) is 0 Å². The van der Waals surface area contributed by atoms with Gasteiger partial charge in [-0.2, -0.15) is 0 Å². The number of nitrogens with one attached hydrogen (secondary N) is 2. The summed E-state index contributed by atoms with van der Waals surface area (Å²) in [5.41, 5.74) is 0.0381. The van der Waals surface area contributed by atoms with Gasteiger partial charge in [-0.3, -0.25) is 4.79 Å². The van der Waals surface area contributed by atoms with Gasteiger partial charge in [-0.1, -0.05) is 43.0 Å². The van der Waals surface area contributed by atoms with E-state index >= 15 is 0 Å². The Morgan fingerprint density at radius 1 is 1.19 bits per heavy atom. The van der Waals surface area contributed by atoms with Gasteiger partial charge in [-0.05, 0) is 55.7 Å². The van der Waals surface area contributed by atoms with Gasteiger partial charge >= 0.3 is 0 Å². The third kappa shape index (κ3) is 4.80. The first kappa shape index (κ1) is 22.3. The summed E-state index contributed by atoms with van der Waals surface area (Å²) in [5.74, 6) is -0.0840. The van der Waals surface area contributed by atoms with Crippen LogP contribution in [0.1, 0.15) is 63.5 Å². The second-order valence-electron chi connectivity index (χ2n) is 8.98. The van der Waals surface area contributed by atoms with Crippen LogP contribution in [-0.2, 0) is 4.79 Å². The van der Waals surface area contributed by atoms with Crippen molar-refractivity contribution in [2.75, 3.05) is 5.32 Å². The second-order valence-corrected chi connectivity index (χ2v) is 9.77. The molecule has 0 aliphatic heterocycles. The molecule has 2 saturated carbocycles. The summed E-state index contributed by atoms with van der Waals surface area (Å²) in [7, 11) is 0. The van der Waals surface area contributed by atoms with Crippen molar-refractivity contribution < 1.29 is 9.18 Å². The van der Waals surface area contributed by atoms with Crippen LogP contribution in [0.25, 0.3) is 0 Å². The van der Waals surface area contributed by atoms with E-state index in [1.165, 1.54) is 12.1 Å². The Morgan fingerprint density at radius 3 is 2.61 bits per heavy atom. The van der Waals surface area contributed by atoms with Crippen molar-refractivity contribution in [3.8, 4) is 0 Å². The molecule has 1 aromatic carbocycles. The number of halogens is 3. The molecule has 1 amide bonds. The number of anilines is 1. The number of aromatic nitrogens is 2. The fraction of sp³-hybridized carbons (Fsp3) is 0.522. The molecule has 2 aliphatic rings. The summed E-state index contributed by atoms with van der Waals surface area (Å²) >= 11 is 12.7. The molecule has 0 unspecified atom stereocenters. The molecular formula is C23H27Cl2FN4O. The first-order valence-electron chi connectivity index (χ1n) is 10.8. The van der Waals surface area contributed by atoms with E-state index in [1.54, 1.807) is 18.5 Å². The van der Waals surface area contributed by atoms with Gasteiger partial charge in [0, 0.05) is 29.9 Å². The van der Waals surface area contributed by atoms with Crippen LogP contribution >= 0.6 is 23.2 Å². The molecule has 2 fully saturated rings. The average Bonchev–Trinajstić information content (AvgIpc) is 3.41. The molecule has 0 bridgehead atoms. The van der Waals surface area contributed by atoms with Crippen LogP contribution in [0.3, 0.4) is 0 Å². The lowest BCUT2D eigenvalue weighted by molar-refractivity contribution is -0.126. The van der Waals surface area contributed by atoms with Crippen LogP contribution in [0.15, 0.2) is 30.6 Å². The highest BCUT2D eigenvalue weighted by Crippen LogP contribution is 2.50. The molecule has 4 rings (SSSR count). The third-order valence-corrected chi connectivity index (χ3v) is 7.62. The number of rotatable bonds is 6. The molecule has 1 aromatic heterocycles. The fourth-order valence-electron chi connectivity index (χ4n) is 5.04. The highest BCUT2D eigenvalue weighted by molar-refractivity contribution is 6.42. The van der Waals surface area contributed by atoms with Gasteiger partial charge in [-0.15, -0.1) is 0 Å². The zero-order valence-corrected chi connectivity index (χ0v) is 19.0. The maximum Gasteiger partial charge on any atom is 0.223 e. The third-order valence-electron chi connectivity index (χ3n) is 6.80. The summed E-state index contributed by atoms with van der Waals surface area (Å²) < 4.78 is 14.9. The molecule has 0 spiro atoms. The highest BCUT2D eigenvalue weighted by Gasteiger charge is 2.42. The number of benzene rings is 1. The predicted molar refractivity (Wildman–Crippen MR) is 121 cm³/mol. The van der Waals surface area contributed by atoms with Crippen molar-refractivity contribution in [1.29, 1.82) is 0 Å². The summed E-state index contributed by atoms with van der Waals surface area (Å²) in [6, 6.07) is 4.16. The predicted octanol–water partition coefficient (Wildman–Crippen LogP) is 5.94. The van der Waals surface area contributed by atoms with Crippen LogP contribution in [-0.4, -0.2) is 21.9 Å². The molecule has 5 nitrogen and oxygen atoms in total.